The summed E-state index contributed by atoms with van der Waals surface area (Å²) in [5, 5.41) is 0. The smallest absolute Gasteiger partial charge is 0.346 e. The standard InChI is InChI=1S/C15H16O4/c1-4-12(16)19-15(17)13-9(2)8-10(3)14-11(13)6-5-7-18-14/h4,8H,1,5-7H2,2-3H3. The van der Waals surface area contributed by atoms with E-state index in [9.17, 15) is 9.59 Å². The molecule has 1 heterocycles. The van der Waals surface area contributed by atoms with E-state index in [1.165, 1.54) is 0 Å². The summed E-state index contributed by atoms with van der Waals surface area (Å²) in [5.41, 5.74) is 3.07. The van der Waals surface area contributed by atoms with E-state index in [2.05, 4.69) is 6.58 Å². The Hall–Kier alpha value is -2.10. The van der Waals surface area contributed by atoms with E-state index in [4.69, 9.17) is 9.47 Å². The summed E-state index contributed by atoms with van der Waals surface area (Å²) in [6.45, 7) is 7.71. The summed E-state index contributed by atoms with van der Waals surface area (Å²) in [6, 6.07) is 1.87. The second-order valence-corrected chi connectivity index (χ2v) is 4.56. The summed E-state index contributed by atoms with van der Waals surface area (Å²) in [7, 11) is 0. The maximum Gasteiger partial charge on any atom is 0.346 e. The first kappa shape index (κ1) is 13.3. The van der Waals surface area contributed by atoms with Crippen LogP contribution in [-0.4, -0.2) is 18.5 Å². The fourth-order valence-electron chi connectivity index (χ4n) is 2.38. The Morgan fingerprint density at radius 3 is 2.79 bits per heavy atom. The number of aryl methyl sites for hydroxylation is 2. The van der Waals surface area contributed by atoms with E-state index in [0.717, 1.165) is 41.4 Å². The molecule has 100 valence electrons. The van der Waals surface area contributed by atoms with Crippen LogP contribution in [0.3, 0.4) is 0 Å². The van der Waals surface area contributed by atoms with Crippen molar-refractivity contribution in [1.82, 2.24) is 0 Å². The molecule has 1 aromatic rings. The number of ether oxygens (including phenoxy) is 2. The molecule has 0 bridgehead atoms. The first-order valence-corrected chi connectivity index (χ1v) is 6.19. The molecule has 0 N–H and O–H groups in total. The van der Waals surface area contributed by atoms with Crippen molar-refractivity contribution in [3.8, 4) is 5.75 Å². The van der Waals surface area contributed by atoms with Gasteiger partial charge in [-0.2, -0.15) is 0 Å². The highest BCUT2D eigenvalue weighted by Gasteiger charge is 2.25. The number of esters is 2. The van der Waals surface area contributed by atoms with Crippen molar-refractivity contribution < 1.29 is 19.1 Å². The van der Waals surface area contributed by atoms with Gasteiger partial charge < -0.3 is 9.47 Å². The van der Waals surface area contributed by atoms with Gasteiger partial charge in [0, 0.05) is 11.6 Å². The highest BCUT2D eigenvalue weighted by atomic mass is 16.6. The zero-order valence-electron chi connectivity index (χ0n) is 11.1. The van der Waals surface area contributed by atoms with Gasteiger partial charge in [0.1, 0.15) is 5.75 Å². The van der Waals surface area contributed by atoms with Crippen molar-refractivity contribution in [1.29, 1.82) is 0 Å². The molecule has 19 heavy (non-hydrogen) atoms. The fraction of sp³-hybridized carbons (Fsp3) is 0.333. The number of hydrogen-bond donors (Lipinski definition) is 0. The number of benzene rings is 1. The molecule has 0 saturated carbocycles. The largest absolute Gasteiger partial charge is 0.493 e. The molecule has 0 radical (unpaired) electrons. The second kappa shape index (κ2) is 5.26. The van der Waals surface area contributed by atoms with Gasteiger partial charge in [-0.15, -0.1) is 0 Å². The van der Waals surface area contributed by atoms with Crippen molar-refractivity contribution in [2.75, 3.05) is 6.61 Å². The first-order valence-electron chi connectivity index (χ1n) is 6.19. The Labute approximate surface area is 112 Å². The van der Waals surface area contributed by atoms with Crippen LogP contribution < -0.4 is 4.74 Å². The average molecular weight is 260 g/mol. The van der Waals surface area contributed by atoms with Crippen molar-refractivity contribution in [3.63, 3.8) is 0 Å². The molecular formula is C15H16O4. The number of carbonyl (C=O) groups is 2. The van der Waals surface area contributed by atoms with E-state index in [1.54, 1.807) is 0 Å². The maximum atomic E-state index is 12.1. The number of fused-ring (bicyclic) bond motifs is 1. The molecule has 1 aliphatic rings. The molecule has 0 unspecified atom stereocenters. The van der Waals surface area contributed by atoms with Crippen molar-refractivity contribution in [2.45, 2.75) is 26.7 Å². The highest BCUT2D eigenvalue weighted by molar-refractivity contribution is 6.02. The lowest BCUT2D eigenvalue weighted by Crippen LogP contribution is -2.18. The van der Waals surface area contributed by atoms with E-state index in [1.807, 2.05) is 19.9 Å². The Bertz CT molecular complexity index is 558. The van der Waals surface area contributed by atoms with Gasteiger partial charge in [-0.3, -0.25) is 0 Å². The summed E-state index contributed by atoms with van der Waals surface area (Å²) >= 11 is 0. The predicted octanol–water partition coefficient (Wildman–Crippen LogP) is 2.50. The normalized spacial score (nSPS) is 13.2. The van der Waals surface area contributed by atoms with Gasteiger partial charge in [-0.05, 0) is 37.8 Å². The van der Waals surface area contributed by atoms with Gasteiger partial charge in [0.2, 0.25) is 0 Å². The maximum absolute atomic E-state index is 12.1. The lowest BCUT2D eigenvalue weighted by molar-refractivity contribution is -0.132. The molecule has 0 aliphatic carbocycles. The quantitative estimate of drug-likeness (QED) is 0.466. The van der Waals surface area contributed by atoms with Crippen LogP contribution in [0.5, 0.6) is 5.75 Å². The molecule has 0 atom stereocenters. The minimum Gasteiger partial charge on any atom is -0.493 e. The minimum absolute atomic E-state index is 0.440. The predicted molar refractivity (Wildman–Crippen MR) is 70.4 cm³/mol. The van der Waals surface area contributed by atoms with Gasteiger partial charge >= 0.3 is 11.9 Å². The second-order valence-electron chi connectivity index (χ2n) is 4.56. The van der Waals surface area contributed by atoms with Crippen LogP contribution in [0, 0.1) is 13.8 Å². The Morgan fingerprint density at radius 2 is 2.11 bits per heavy atom. The van der Waals surface area contributed by atoms with Crippen LogP contribution in [0.2, 0.25) is 0 Å². The van der Waals surface area contributed by atoms with E-state index in [0.29, 0.717) is 12.2 Å². The SMILES string of the molecule is C=CC(=O)OC(=O)c1c(C)cc(C)c2c1CCCO2. The van der Waals surface area contributed by atoms with Crippen molar-refractivity contribution in [3.05, 3.63) is 41.0 Å². The molecule has 0 aromatic heterocycles. The lowest BCUT2D eigenvalue weighted by Gasteiger charge is -2.22. The van der Waals surface area contributed by atoms with Crippen LogP contribution >= 0.6 is 0 Å². The molecule has 0 saturated heterocycles. The van der Waals surface area contributed by atoms with E-state index < -0.39 is 11.9 Å². The third-order valence-corrected chi connectivity index (χ3v) is 3.14. The third kappa shape index (κ3) is 2.52. The number of carbonyl (C=O) groups excluding carboxylic acids is 2. The highest BCUT2D eigenvalue weighted by Crippen LogP contribution is 2.34. The van der Waals surface area contributed by atoms with Gasteiger partial charge in [0.15, 0.2) is 0 Å². The van der Waals surface area contributed by atoms with Crippen LogP contribution in [0.4, 0.5) is 0 Å². The van der Waals surface area contributed by atoms with Crippen LogP contribution in [0.1, 0.15) is 33.5 Å². The summed E-state index contributed by atoms with van der Waals surface area (Å²) in [5.74, 6) is -0.630. The number of hydrogen-bond acceptors (Lipinski definition) is 4. The Balaban J connectivity index is 2.47. The van der Waals surface area contributed by atoms with E-state index in [-0.39, 0.29) is 0 Å². The van der Waals surface area contributed by atoms with Gasteiger partial charge in [-0.1, -0.05) is 12.6 Å². The molecular weight excluding hydrogens is 244 g/mol. The van der Waals surface area contributed by atoms with Gasteiger partial charge in [0.25, 0.3) is 0 Å². The topological polar surface area (TPSA) is 52.6 Å². The zero-order valence-corrected chi connectivity index (χ0v) is 11.1. The van der Waals surface area contributed by atoms with Crippen molar-refractivity contribution in [2.24, 2.45) is 0 Å². The van der Waals surface area contributed by atoms with E-state index >= 15 is 0 Å². The molecule has 4 nitrogen and oxygen atoms in total. The average Bonchev–Trinajstić information content (AvgIpc) is 2.38. The van der Waals surface area contributed by atoms with Gasteiger partial charge in [-0.25, -0.2) is 9.59 Å². The fourth-order valence-corrected chi connectivity index (χ4v) is 2.38. The molecule has 1 aromatic carbocycles. The summed E-state index contributed by atoms with van der Waals surface area (Å²) in [6.07, 6.45) is 2.58. The molecule has 0 amide bonds. The minimum atomic E-state index is -0.740. The molecule has 4 heteroatoms. The van der Waals surface area contributed by atoms with Crippen LogP contribution in [0.15, 0.2) is 18.7 Å². The summed E-state index contributed by atoms with van der Waals surface area (Å²) in [4.78, 5) is 23.2. The molecule has 2 rings (SSSR count). The molecule has 1 aliphatic heterocycles. The summed E-state index contributed by atoms with van der Waals surface area (Å²) < 4.78 is 10.3. The molecule has 0 fully saturated rings. The number of rotatable bonds is 2. The van der Waals surface area contributed by atoms with Crippen molar-refractivity contribution >= 4 is 11.9 Å². The Kier molecular flexibility index (Phi) is 3.69. The zero-order chi connectivity index (χ0) is 14.0. The molecule has 0 spiro atoms. The lowest BCUT2D eigenvalue weighted by atomic mass is 9.93. The third-order valence-electron chi connectivity index (χ3n) is 3.14. The van der Waals surface area contributed by atoms with Crippen LogP contribution in [0.25, 0.3) is 0 Å². The monoisotopic (exact) mass is 260 g/mol. The van der Waals surface area contributed by atoms with Crippen LogP contribution in [-0.2, 0) is 16.0 Å². The van der Waals surface area contributed by atoms with Gasteiger partial charge in [0.05, 0.1) is 12.2 Å². The Morgan fingerprint density at radius 1 is 1.37 bits per heavy atom. The first-order chi connectivity index (χ1) is 9.04.